The van der Waals surface area contributed by atoms with E-state index in [0.717, 1.165) is 35.5 Å². The molecule has 1 unspecified atom stereocenters. The van der Waals surface area contributed by atoms with Crippen LogP contribution in [0, 0.1) is 11.8 Å². The number of amides is 1. The van der Waals surface area contributed by atoms with Gasteiger partial charge in [-0.1, -0.05) is 30.3 Å². The highest BCUT2D eigenvalue weighted by molar-refractivity contribution is 7.98. The second-order valence-electron chi connectivity index (χ2n) is 9.78. The van der Waals surface area contributed by atoms with E-state index < -0.39 is 11.2 Å². The molecule has 0 spiro atoms. The Morgan fingerprint density at radius 1 is 1.03 bits per heavy atom. The first-order chi connectivity index (χ1) is 17.1. The number of aromatic nitrogens is 1. The molecule has 1 aromatic heterocycles. The lowest BCUT2D eigenvalue weighted by Gasteiger charge is -2.44. The monoisotopic (exact) mass is 487 g/mol. The van der Waals surface area contributed by atoms with Crippen molar-refractivity contribution in [3.63, 3.8) is 0 Å². The van der Waals surface area contributed by atoms with E-state index in [1.54, 1.807) is 27.5 Å². The maximum Gasteiger partial charge on any atom is 0.277 e. The highest BCUT2D eigenvalue weighted by atomic mass is 32.2. The van der Waals surface area contributed by atoms with Crippen molar-refractivity contribution < 1.29 is 14.6 Å². The number of carbonyl (C=O) groups is 1. The van der Waals surface area contributed by atoms with Crippen molar-refractivity contribution in [3.8, 4) is 11.5 Å². The predicted molar refractivity (Wildman–Crippen MR) is 132 cm³/mol. The minimum Gasteiger partial charge on any atom is -0.502 e. The van der Waals surface area contributed by atoms with Crippen molar-refractivity contribution in [3.05, 3.63) is 87.3 Å². The number of benzene rings is 2. The van der Waals surface area contributed by atoms with Crippen LogP contribution < -0.4 is 15.2 Å². The molecule has 2 bridgehead atoms. The number of thioether (sulfide) groups is 1. The summed E-state index contributed by atoms with van der Waals surface area (Å²) in [6.45, 7) is 1.61. The Balaban J connectivity index is 1.51. The van der Waals surface area contributed by atoms with Gasteiger partial charge in [0.25, 0.3) is 5.91 Å². The normalized spacial score (nSPS) is 24.5. The van der Waals surface area contributed by atoms with Crippen molar-refractivity contribution in [2.24, 2.45) is 11.8 Å². The van der Waals surface area contributed by atoms with Gasteiger partial charge < -0.3 is 14.7 Å². The van der Waals surface area contributed by atoms with Gasteiger partial charge in [-0.2, -0.15) is 0 Å². The van der Waals surface area contributed by atoms with Gasteiger partial charge in [0.15, 0.2) is 11.4 Å². The van der Waals surface area contributed by atoms with Crippen molar-refractivity contribution in [1.29, 1.82) is 0 Å². The molecule has 1 aliphatic carbocycles. The van der Waals surface area contributed by atoms with E-state index in [-0.39, 0.29) is 17.6 Å². The minimum absolute atomic E-state index is 0.0301. The summed E-state index contributed by atoms with van der Waals surface area (Å²) in [7, 11) is 0. The lowest BCUT2D eigenvalue weighted by atomic mass is 9.93. The Bertz CT molecular complexity index is 1420. The van der Waals surface area contributed by atoms with Gasteiger partial charge in [0.05, 0.1) is 6.61 Å². The van der Waals surface area contributed by atoms with Crippen LogP contribution in [-0.4, -0.2) is 40.4 Å². The molecule has 1 amide bonds. The molecule has 178 valence electrons. The van der Waals surface area contributed by atoms with Crippen LogP contribution in [0.4, 0.5) is 0 Å². The zero-order chi connectivity index (χ0) is 23.7. The molecule has 7 rings (SSSR count). The van der Waals surface area contributed by atoms with E-state index in [2.05, 4.69) is 29.3 Å². The molecule has 1 fully saturated rings. The second-order valence-corrected chi connectivity index (χ2v) is 10.8. The minimum atomic E-state index is -0.545. The van der Waals surface area contributed by atoms with Crippen LogP contribution >= 0.6 is 11.8 Å². The molecular formula is C27H25N3O4S. The number of aromatic hydroxyl groups is 1. The van der Waals surface area contributed by atoms with Gasteiger partial charge in [0.1, 0.15) is 18.5 Å². The summed E-state index contributed by atoms with van der Waals surface area (Å²) in [5.41, 5.74) is 2.88. The molecular weight excluding hydrogens is 462 g/mol. The predicted octanol–water partition coefficient (Wildman–Crippen LogP) is 3.72. The Hall–Kier alpha value is -3.39. The fourth-order valence-electron chi connectivity index (χ4n) is 5.76. The number of rotatable bonds is 0. The summed E-state index contributed by atoms with van der Waals surface area (Å²) in [6.07, 6.45) is 3.60. The fourth-order valence-corrected chi connectivity index (χ4v) is 6.85. The molecule has 3 aromatic rings. The Kier molecular flexibility index (Phi) is 4.67. The van der Waals surface area contributed by atoms with Gasteiger partial charge in [-0.25, -0.2) is 0 Å². The molecule has 8 heteroatoms. The van der Waals surface area contributed by atoms with E-state index in [1.165, 1.54) is 16.5 Å². The van der Waals surface area contributed by atoms with Gasteiger partial charge in [0, 0.05) is 35.0 Å². The maximum atomic E-state index is 13.5. The Morgan fingerprint density at radius 3 is 2.83 bits per heavy atom. The molecule has 3 aliphatic heterocycles. The van der Waals surface area contributed by atoms with Gasteiger partial charge in [-0.3, -0.25) is 19.3 Å². The van der Waals surface area contributed by atoms with Crippen molar-refractivity contribution in [2.75, 3.05) is 24.8 Å². The number of hydrogen-bond acceptors (Lipinski definition) is 6. The second kappa shape index (κ2) is 7.81. The standard InChI is InChI=1S/C27H25N3O4S/c31-20-9-11-29-25(26(20)32)27(33)28-10-8-16-12-18(16)13-34-21-6-3-4-17-14-35-22-7-2-1-5-19(22)24(23(17)21)30(29)15-28/h1-7,9,11,16,18,24,32H,8,10,12-15H2/t16-,18?,24-/m1/s1. The van der Waals surface area contributed by atoms with Crippen molar-refractivity contribution >= 4 is 17.7 Å². The van der Waals surface area contributed by atoms with E-state index >= 15 is 0 Å². The molecule has 35 heavy (non-hydrogen) atoms. The zero-order valence-corrected chi connectivity index (χ0v) is 19.9. The van der Waals surface area contributed by atoms with Gasteiger partial charge >= 0.3 is 0 Å². The molecule has 4 heterocycles. The van der Waals surface area contributed by atoms with Crippen LogP contribution in [0.2, 0.25) is 0 Å². The number of carbonyl (C=O) groups excluding carboxylic acids is 1. The summed E-state index contributed by atoms with van der Waals surface area (Å²) < 4.78 is 8.18. The van der Waals surface area contributed by atoms with Crippen LogP contribution in [0.25, 0.3) is 0 Å². The fraction of sp³-hybridized carbons (Fsp3) is 0.333. The summed E-state index contributed by atoms with van der Waals surface area (Å²) in [5, 5.41) is 12.9. The Labute approximate surface area is 206 Å². The lowest BCUT2D eigenvalue weighted by molar-refractivity contribution is 0.0671. The zero-order valence-electron chi connectivity index (χ0n) is 19.1. The SMILES string of the molecule is O=C1c2c(O)c(=O)ccn2N2CN1CC[C@@H]1CC1COc1cccc3c1[C@H]2c1ccccc1SC3. The summed E-state index contributed by atoms with van der Waals surface area (Å²) in [6, 6.07) is 15.7. The smallest absolute Gasteiger partial charge is 0.277 e. The molecule has 0 saturated heterocycles. The number of fused-ring (bicyclic) bond motifs is 8. The highest BCUT2D eigenvalue weighted by Gasteiger charge is 2.43. The number of pyridine rings is 1. The van der Waals surface area contributed by atoms with E-state index in [1.807, 2.05) is 18.2 Å². The van der Waals surface area contributed by atoms with Gasteiger partial charge in [-0.05, 0) is 47.9 Å². The molecule has 7 nitrogen and oxygen atoms in total. The molecule has 0 radical (unpaired) electrons. The topological polar surface area (TPSA) is 75.0 Å². The summed E-state index contributed by atoms with van der Waals surface area (Å²) in [5.74, 6) is 1.90. The molecule has 1 saturated carbocycles. The Morgan fingerprint density at radius 2 is 1.91 bits per heavy atom. The number of nitrogens with zero attached hydrogens (tertiary/aromatic N) is 3. The van der Waals surface area contributed by atoms with Crippen LogP contribution in [0.3, 0.4) is 0 Å². The van der Waals surface area contributed by atoms with Crippen LogP contribution in [-0.2, 0) is 5.75 Å². The van der Waals surface area contributed by atoms with E-state index in [0.29, 0.717) is 31.7 Å². The van der Waals surface area contributed by atoms with Crippen molar-refractivity contribution in [1.82, 2.24) is 9.58 Å². The highest BCUT2D eigenvalue weighted by Crippen LogP contribution is 2.48. The average Bonchev–Trinajstić information content (AvgIpc) is 3.65. The lowest BCUT2D eigenvalue weighted by Crippen LogP contribution is -2.55. The van der Waals surface area contributed by atoms with Crippen LogP contribution in [0.5, 0.6) is 11.5 Å². The van der Waals surface area contributed by atoms with Crippen LogP contribution in [0.1, 0.15) is 46.1 Å². The van der Waals surface area contributed by atoms with Crippen molar-refractivity contribution in [2.45, 2.75) is 29.5 Å². The van der Waals surface area contributed by atoms with Crippen LogP contribution in [0.15, 0.2) is 64.4 Å². The first kappa shape index (κ1) is 20.9. The molecule has 4 aliphatic rings. The quantitative estimate of drug-likeness (QED) is 0.521. The van der Waals surface area contributed by atoms with Gasteiger partial charge in [0.2, 0.25) is 5.43 Å². The summed E-state index contributed by atoms with van der Waals surface area (Å²) >= 11 is 1.80. The largest absolute Gasteiger partial charge is 0.502 e. The first-order valence-electron chi connectivity index (χ1n) is 12.1. The van der Waals surface area contributed by atoms with E-state index in [4.69, 9.17) is 4.74 Å². The molecule has 1 N–H and O–H groups in total. The third-order valence-corrected chi connectivity index (χ3v) is 8.89. The third kappa shape index (κ3) is 3.26. The number of ether oxygens (including phenoxy) is 1. The van der Waals surface area contributed by atoms with E-state index in [9.17, 15) is 14.7 Å². The molecule has 2 aromatic carbocycles. The molecule has 3 atom stereocenters. The number of hydrogen-bond donors (Lipinski definition) is 1. The first-order valence-corrected chi connectivity index (χ1v) is 13.1. The average molecular weight is 488 g/mol. The third-order valence-electron chi connectivity index (χ3n) is 7.75. The summed E-state index contributed by atoms with van der Waals surface area (Å²) in [4.78, 5) is 28.9. The van der Waals surface area contributed by atoms with Gasteiger partial charge in [-0.15, -0.1) is 11.8 Å². The maximum absolute atomic E-state index is 13.5.